The lowest BCUT2D eigenvalue weighted by Crippen LogP contribution is -2.41. The van der Waals surface area contributed by atoms with Crippen LogP contribution in [-0.4, -0.2) is 29.4 Å². The van der Waals surface area contributed by atoms with Crippen molar-refractivity contribution < 1.29 is 18.3 Å². The maximum atomic E-state index is 14.3. The van der Waals surface area contributed by atoms with E-state index in [-0.39, 0.29) is 23.8 Å². The Morgan fingerprint density at radius 2 is 1.82 bits per heavy atom. The van der Waals surface area contributed by atoms with Gasteiger partial charge in [-0.25, -0.2) is 13.2 Å². The number of hydrogen-bond donors (Lipinski definition) is 4. The molecule has 0 amide bonds. The Bertz CT molecular complexity index is 981. The second-order valence-corrected chi connectivity index (χ2v) is 7.42. The molecule has 1 saturated carbocycles. The normalized spacial score (nSPS) is 20.3. The van der Waals surface area contributed by atoms with Crippen molar-refractivity contribution in [3.63, 3.8) is 0 Å². The van der Waals surface area contributed by atoms with Crippen molar-refractivity contribution >= 4 is 10.9 Å². The van der Waals surface area contributed by atoms with E-state index in [4.69, 9.17) is 5.73 Å². The summed E-state index contributed by atoms with van der Waals surface area (Å²) in [5, 5.41) is 13.0. The van der Waals surface area contributed by atoms with Gasteiger partial charge >= 0.3 is 0 Å². The highest BCUT2D eigenvalue weighted by molar-refractivity contribution is 5.92. The minimum atomic E-state index is -0.731. The highest BCUT2D eigenvalue weighted by Crippen LogP contribution is 2.48. The van der Waals surface area contributed by atoms with Crippen LogP contribution in [0.4, 0.5) is 13.2 Å². The van der Waals surface area contributed by atoms with E-state index >= 15 is 0 Å². The van der Waals surface area contributed by atoms with Crippen molar-refractivity contribution in [2.45, 2.75) is 25.0 Å². The van der Waals surface area contributed by atoms with Crippen molar-refractivity contribution in [2.75, 3.05) is 13.1 Å². The van der Waals surface area contributed by atoms with Crippen LogP contribution in [-0.2, 0) is 0 Å². The maximum absolute atomic E-state index is 14.3. The van der Waals surface area contributed by atoms with E-state index in [1.807, 2.05) is 0 Å². The Labute approximate surface area is 160 Å². The van der Waals surface area contributed by atoms with Crippen molar-refractivity contribution in [1.82, 2.24) is 10.3 Å². The Kier molecular flexibility index (Phi) is 5.14. The molecule has 0 saturated heterocycles. The summed E-state index contributed by atoms with van der Waals surface area (Å²) in [5.41, 5.74) is 7.93. The molecule has 4 rings (SSSR count). The van der Waals surface area contributed by atoms with E-state index < -0.39 is 17.9 Å². The molecule has 4 nitrogen and oxygen atoms in total. The molecule has 3 aromatic rings. The Morgan fingerprint density at radius 3 is 2.50 bits per heavy atom. The molecule has 1 atom stereocenters. The van der Waals surface area contributed by atoms with Gasteiger partial charge in [0, 0.05) is 24.5 Å². The Balaban J connectivity index is 1.68. The second-order valence-electron chi connectivity index (χ2n) is 7.42. The molecule has 1 aliphatic carbocycles. The molecule has 0 bridgehead atoms. The zero-order valence-corrected chi connectivity index (χ0v) is 15.2. The van der Waals surface area contributed by atoms with Gasteiger partial charge in [0.2, 0.25) is 0 Å². The predicted octanol–water partition coefficient (Wildman–Crippen LogP) is 3.61. The van der Waals surface area contributed by atoms with E-state index in [0.717, 1.165) is 30.0 Å². The fourth-order valence-electron chi connectivity index (χ4n) is 4.03. The molecule has 5 N–H and O–H groups in total. The molecule has 148 valence electrons. The first-order valence-corrected chi connectivity index (χ1v) is 9.34. The number of H-pyrrole nitrogens is 1. The summed E-state index contributed by atoms with van der Waals surface area (Å²) < 4.78 is 41.6. The zero-order chi connectivity index (χ0) is 19.8. The summed E-state index contributed by atoms with van der Waals surface area (Å²) in [5.74, 6) is -1.16. The number of nitrogens with two attached hydrogens (primary N) is 1. The summed E-state index contributed by atoms with van der Waals surface area (Å²) in [4.78, 5) is 3.08. The smallest absolute Gasteiger partial charge is 0.150 e. The van der Waals surface area contributed by atoms with E-state index in [1.54, 1.807) is 12.1 Å². The summed E-state index contributed by atoms with van der Waals surface area (Å²) in [6, 6.07) is 8.17. The fourth-order valence-corrected chi connectivity index (χ4v) is 4.03. The zero-order valence-electron chi connectivity index (χ0n) is 15.2. The molecule has 0 spiro atoms. The van der Waals surface area contributed by atoms with Gasteiger partial charge in [-0.1, -0.05) is 0 Å². The van der Waals surface area contributed by atoms with Crippen LogP contribution < -0.4 is 11.1 Å². The fraction of sp³-hybridized carbons (Fsp3) is 0.333. The van der Waals surface area contributed by atoms with Crippen LogP contribution in [0.3, 0.4) is 0 Å². The van der Waals surface area contributed by atoms with Gasteiger partial charge in [0.15, 0.2) is 0 Å². The first-order valence-electron chi connectivity index (χ1n) is 9.34. The van der Waals surface area contributed by atoms with Crippen LogP contribution in [0.15, 0.2) is 36.4 Å². The number of hydrogen-bond acceptors (Lipinski definition) is 3. The SMILES string of the molecule is NCC(O)NC[C@H]1C[C@@H](c2c(-c3ccc(F)cc3)[nH]c3c(F)cc(F)cc32)C1. The van der Waals surface area contributed by atoms with Gasteiger partial charge in [0.1, 0.15) is 23.7 Å². The van der Waals surface area contributed by atoms with Gasteiger partial charge in [-0.15, -0.1) is 0 Å². The maximum Gasteiger partial charge on any atom is 0.150 e. The first-order chi connectivity index (χ1) is 13.5. The number of halogens is 3. The summed E-state index contributed by atoms with van der Waals surface area (Å²) in [7, 11) is 0. The molecule has 28 heavy (non-hydrogen) atoms. The third kappa shape index (κ3) is 3.53. The average molecular weight is 389 g/mol. The number of aliphatic hydroxyl groups excluding tert-OH is 1. The summed E-state index contributed by atoms with van der Waals surface area (Å²) in [6.07, 6.45) is 0.915. The topological polar surface area (TPSA) is 74.1 Å². The molecular weight excluding hydrogens is 367 g/mol. The van der Waals surface area contributed by atoms with Crippen LogP contribution in [0, 0.1) is 23.4 Å². The lowest BCUT2D eigenvalue weighted by Gasteiger charge is -2.36. The van der Waals surface area contributed by atoms with Crippen LogP contribution in [0.5, 0.6) is 0 Å². The van der Waals surface area contributed by atoms with Crippen molar-refractivity contribution in [1.29, 1.82) is 0 Å². The van der Waals surface area contributed by atoms with Crippen LogP contribution >= 0.6 is 0 Å². The van der Waals surface area contributed by atoms with E-state index in [2.05, 4.69) is 10.3 Å². The van der Waals surface area contributed by atoms with E-state index in [9.17, 15) is 18.3 Å². The quantitative estimate of drug-likeness (QED) is 0.487. The molecule has 2 aromatic carbocycles. The van der Waals surface area contributed by atoms with Crippen LogP contribution in [0.25, 0.3) is 22.2 Å². The number of aromatic nitrogens is 1. The predicted molar refractivity (Wildman–Crippen MR) is 102 cm³/mol. The molecule has 7 heteroatoms. The molecule has 0 radical (unpaired) electrons. The molecular formula is C21H22F3N3O. The Hall–Kier alpha value is -2.35. The van der Waals surface area contributed by atoms with Crippen LogP contribution in [0.1, 0.15) is 24.3 Å². The second kappa shape index (κ2) is 7.58. The van der Waals surface area contributed by atoms with E-state index in [0.29, 0.717) is 23.5 Å². The van der Waals surface area contributed by atoms with Gasteiger partial charge in [0.25, 0.3) is 0 Å². The number of benzene rings is 2. The molecule has 1 aromatic heterocycles. The van der Waals surface area contributed by atoms with Crippen LogP contribution in [0.2, 0.25) is 0 Å². The summed E-state index contributed by atoms with van der Waals surface area (Å²) in [6.45, 7) is 0.775. The first kappa shape index (κ1) is 19.0. The average Bonchev–Trinajstić information content (AvgIpc) is 3.00. The lowest BCUT2D eigenvalue weighted by molar-refractivity contribution is 0.125. The molecule has 1 heterocycles. The molecule has 1 aliphatic rings. The number of fused-ring (bicyclic) bond motifs is 1. The van der Waals surface area contributed by atoms with Gasteiger partial charge in [-0.2, -0.15) is 0 Å². The lowest BCUT2D eigenvalue weighted by atomic mass is 9.70. The van der Waals surface area contributed by atoms with Crippen molar-refractivity contribution in [2.24, 2.45) is 11.7 Å². The van der Waals surface area contributed by atoms with Gasteiger partial charge in [0.05, 0.1) is 11.2 Å². The highest BCUT2D eigenvalue weighted by Gasteiger charge is 2.34. The van der Waals surface area contributed by atoms with E-state index in [1.165, 1.54) is 18.2 Å². The van der Waals surface area contributed by atoms with Gasteiger partial charge < -0.3 is 15.8 Å². The number of nitrogens with one attached hydrogen (secondary N) is 2. The van der Waals surface area contributed by atoms with Crippen molar-refractivity contribution in [3.8, 4) is 11.3 Å². The number of aromatic amines is 1. The molecule has 1 unspecified atom stereocenters. The Morgan fingerprint density at radius 1 is 1.11 bits per heavy atom. The van der Waals surface area contributed by atoms with Gasteiger partial charge in [-0.05, 0) is 66.1 Å². The molecule has 1 fully saturated rings. The monoisotopic (exact) mass is 389 g/mol. The third-order valence-corrected chi connectivity index (χ3v) is 5.51. The van der Waals surface area contributed by atoms with Crippen molar-refractivity contribution in [3.05, 3.63) is 59.4 Å². The minimum Gasteiger partial charge on any atom is -0.377 e. The largest absolute Gasteiger partial charge is 0.377 e. The minimum absolute atomic E-state index is 0.122. The van der Waals surface area contributed by atoms with Gasteiger partial charge in [-0.3, -0.25) is 5.32 Å². The third-order valence-electron chi connectivity index (χ3n) is 5.51. The number of aliphatic hydroxyl groups is 1. The molecule has 0 aliphatic heterocycles. The summed E-state index contributed by atoms with van der Waals surface area (Å²) >= 11 is 0. The number of rotatable bonds is 6. The standard InChI is InChI=1S/C21H22F3N3O/c22-14-3-1-12(2-4-14)20-19(13-5-11(6-13)10-26-18(28)9-25)16-7-15(23)8-17(24)21(16)27-20/h1-4,7-8,11,13,18,26-28H,5-6,9-10,25H2/t11-,13+,18?. The highest BCUT2D eigenvalue weighted by atomic mass is 19.1.